The molecule has 1 aliphatic rings. The quantitative estimate of drug-likeness (QED) is 0.654. The molecule has 1 aromatic heterocycles. The van der Waals surface area contributed by atoms with E-state index < -0.39 is 0 Å². The van der Waals surface area contributed by atoms with E-state index in [4.69, 9.17) is 14.5 Å². The van der Waals surface area contributed by atoms with Gasteiger partial charge in [0, 0.05) is 43.4 Å². The van der Waals surface area contributed by atoms with E-state index >= 15 is 0 Å². The number of para-hydroxylation sites is 3. The van der Waals surface area contributed by atoms with Crippen LogP contribution in [0.5, 0.6) is 11.5 Å². The number of hydrogen-bond donors (Lipinski definition) is 1. The summed E-state index contributed by atoms with van der Waals surface area (Å²) in [6, 6.07) is 15.9. The van der Waals surface area contributed by atoms with Crippen LogP contribution >= 0.6 is 12.4 Å². The van der Waals surface area contributed by atoms with Crippen LogP contribution in [0.4, 0.5) is 11.6 Å². The molecule has 0 atom stereocenters. The van der Waals surface area contributed by atoms with Crippen LogP contribution in [0.15, 0.2) is 54.7 Å². The SMILES string of the molecule is COc1ccccc1CN1CCc2nc(Nc3ccccc3OC)ncc2C1.Cl. The van der Waals surface area contributed by atoms with Gasteiger partial charge in [-0.3, -0.25) is 4.90 Å². The van der Waals surface area contributed by atoms with E-state index in [1.807, 2.05) is 42.6 Å². The van der Waals surface area contributed by atoms with Crippen LogP contribution in [-0.2, 0) is 19.5 Å². The van der Waals surface area contributed by atoms with Crippen molar-refractivity contribution in [2.75, 3.05) is 26.1 Å². The van der Waals surface area contributed by atoms with Gasteiger partial charge in [-0.15, -0.1) is 12.4 Å². The maximum absolute atomic E-state index is 5.48. The molecular weight excluding hydrogens is 388 g/mol. The molecule has 1 N–H and O–H groups in total. The molecular formula is C22H25ClN4O2. The normalized spacial score (nSPS) is 13.2. The molecule has 0 saturated carbocycles. The van der Waals surface area contributed by atoms with Gasteiger partial charge in [-0.2, -0.15) is 0 Å². The van der Waals surface area contributed by atoms with Crippen molar-refractivity contribution in [2.24, 2.45) is 0 Å². The van der Waals surface area contributed by atoms with Crippen LogP contribution in [-0.4, -0.2) is 35.6 Å². The summed E-state index contributed by atoms with van der Waals surface area (Å²) in [4.78, 5) is 11.6. The van der Waals surface area contributed by atoms with E-state index in [0.717, 1.165) is 48.9 Å². The fourth-order valence-corrected chi connectivity index (χ4v) is 3.51. The fraction of sp³-hybridized carbons (Fsp3) is 0.273. The van der Waals surface area contributed by atoms with E-state index in [9.17, 15) is 0 Å². The van der Waals surface area contributed by atoms with Crippen LogP contribution in [0.2, 0.25) is 0 Å². The molecule has 3 aromatic rings. The molecule has 4 rings (SSSR count). The Labute approximate surface area is 177 Å². The van der Waals surface area contributed by atoms with E-state index in [1.165, 1.54) is 11.1 Å². The molecule has 0 spiro atoms. The smallest absolute Gasteiger partial charge is 0.227 e. The zero-order chi connectivity index (χ0) is 19.3. The van der Waals surface area contributed by atoms with Gasteiger partial charge >= 0.3 is 0 Å². The first kappa shape index (κ1) is 20.9. The number of fused-ring (bicyclic) bond motifs is 1. The van der Waals surface area contributed by atoms with Crippen molar-refractivity contribution < 1.29 is 9.47 Å². The highest BCUT2D eigenvalue weighted by Gasteiger charge is 2.20. The second kappa shape index (κ2) is 9.58. The zero-order valence-corrected chi connectivity index (χ0v) is 17.4. The number of hydrogen-bond acceptors (Lipinski definition) is 6. The summed E-state index contributed by atoms with van der Waals surface area (Å²) in [6.07, 6.45) is 2.82. The van der Waals surface area contributed by atoms with Crippen molar-refractivity contribution >= 4 is 24.0 Å². The van der Waals surface area contributed by atoms with Crippen molar-refractivity contribution in [3.05, 3.63) is 71.5 Å². The fourth-order valence-electron chi connectivity index (χ4n) is 3.51. The Kier molecular flexibility index (Phi) is 6.90. The number of halogens is 1. The minimum absolute atomic E-state index is 0. The third-order valence-electron chi connectivity index (χ3n) is 4.95. The molecule has 0 unspecified atom stereocenters. The lowest BCUT2D eigenvalue weighted by Gasteiger charge is -2.28. The summed E-state index contributed by atoms with van der Waals surface area (Å²) < 4.78 is 10.9. The number of methoxy groups -OCH3 is 2. The summed E-state index contributed by atoms with van der Waals surface area (Å²) in [7, 11) is 3.37. The number of anilines is 2. The summed E-state index contributed by atoms with van der Waals surface area (Å²) in [5.74, 6) is 2.30. The maximum atomic E-state index is 5.48. The minimum Gasteiger partial charge on any atom is -0.496 e. The van der Waals surface area contributed by atoms with Gasteiger partial charge < -0.3 is 14.8 Å². The van der Waals surface area contributed by atoms with Crippen molar-refractivity contribution in [1.82, 2.24) is 14.9 Å². The van der Waals surface area contributed by atoms with Gasteiger partial charge in [0.25, 0.3) is 0 Å². The molecule has 2 aromatic carbocycles. The molecule has 0 aliphatic carbocycles. The highest BCUT2D eigenvalue weighted by atomic mass is 35.5. The summed E-state index contributed by atoms with van der Waals surface area (Å²) >= 11 is 0. The average molecular weight is 413 g/mol. The predicted molar refractivity (Wildman–Crippen MR) is 116 cm³/mol. The van der Waals surface area contributed by atoms with Gasteiger partial charge in [0.05, 0.1) is 25.6 Å². The Bertz CT molecular complexity index is 967. The first-order valence-corrected chi connectivity index (χ1v) is 9.36. The maximum Gasteiger partial charge on any atom is 0.227 e. The largest absolute Gasteiger partial charge is 0.496 e. The Morgan fingerprint density at radius 1 is 1.00 bits per heavy atom. The van der Waals surface area contributed by atoms with E-state index in [1.54, 1.807) is 14.2 Å². The Morgan fingerprint density at radius 3 is 2.52 bits per heavy atom. The van der Waals surface area contributed by atoms with Crippen LogP contribution in [0, 0.1) is 0 Å². The molecule has 152 valence electrons. The highest BCUT2D eigenvalue weighted by Crippen LogP contribution is 2.27. The monoisotopic (exact) mass is 412 g/mol. The lowest BCUT2D eigenvalue weighted by molar-refractivity contribution is 0.239. The van der Waals surface area contributed by atoms with Crippen LogP contribution in [0.1, 0.15) is 16.8 Å². The molecule has 0 saturated heterocycles. The van der Waals surface area contributed by atoms with Gasteiger partial charge in [-0.05, 0) is 18.2 Å². The van der Waals surface area contributed by atoms with Gasteiger partial charge in [0.1, 0.15) is 11.5 Å². The molecule has 2 heterocycles. The van der Waals surface area contributed by atoms with Crippen LogP contribution in [0.25, 0.3) is 0 Å². The molecule has 0 fully saturated rings. The summed E-state index contributed by atoms with van der Waals surface area (Å²) in [6.45, 7) is 2.64. The predicted octanol–water partition coefficient (Wildman–Crippen LogP) is 4.22. The van der Waals surface area contributed by atoms with E-state index in [-0.39, 0.29) is 12.4 Å². The minimum atomic E-state index is 0. The van der Waals surface area contributed by atoms with Gasteiger partial charge in [-0.25, -0.2) is 9.97 Å². The first-order valence-electron chi connectivity index (χ1n) is 9.36. The Hall–Kier alpha value is -2.83. The molecule has 0 bridgehead atoms. The Balaban J connectivity index is 0.00000240. The van der Waals surface area contributed by atoms with Crippen molar-refractivity contribution in [3.8, 4) is 11.5 Å². The molecule has 6 nitrogen and oxygen atoms in total. The number of ether oxygens (including phenoxy) is 2. The van der Waals surface area contributed by atoms with Crippen molar-refractivity contribution in [3.63, 3.8) is 0 Å². The molecule has 0 radical (unpaired) electrons. The molecule has 29 heavy (non-hydrogen) atoms. The second-order valence-corrected chi connectivity index (χ2v) is 6.76. The van der Waals surface area contributed by atoms with Crippen molar-refractivity contribution in [2.45, 2.75) is 19.5 Å². The molecule has 7 heteroatoms. The highest BCUT2D eigenvalue weighted by molar-refractivity contribution is 5.85. The van der Waals surface area contributed by atoms with Gasteiger partial charge in [-0.1, -0.05) is 30.3 Å². The topological polar surface area (TPSA) is 59.5 Å². The number of nitrogens with zero attached hydrogens (tertiary/aromatic N) is 3. The Morgan fingerprint density at radius 2 is 1.72 bits per heavy atom. The van der Waals surface area contributed by atoms with Gasteiger partial charge in [0.2, 0.25) is 5.95 Å². The van der Waals surface area contributed by atoms with E-state index in [2.05, 4.69) is 27.3 Å². The molecule has 1 aliphatic heterocycles. The van der Waals surface area contributed by atoms with Crippen LogP contribution < -0.4 is 14.8 Å². The third-order valence-corrected chi connectivity index (χ3v) is 4.95. The zero-order valence-electron chi connectivity index (χ0n) is 16.6. The summed E-state index contributed by atoms with van der Waals surface area (Å²) in [5.41, 5.74) is 4.33. The lowest BCUT2D eigenvalue weighted by Crippen LogP contribution is -2.31. The van der Waals surface area contributed by atoms with Crippen molar-refractivity contribution in [1.29, 1.82) is 0 Å². The van der Waals surface area contributed by atoms with E-state index in [0.29, 0.717) is 5.95 Å². The second-order valence-electron chi connectivity index (χ2n) is 6.76. The lowest BCUT2D eigenvalue weighted by atomic mass is 10.1. The number of benzene rings is 2. The van der Waals surface area contributed by atoms with Gasteiger partial charge in [0.15, 0.2) is 0 Å². The standard InChI is InChI=1S/C22H24N4O2.ClH/c1-27-20-9-5-3-7-16(20)14-26-12-11-18-17(15-26)13-23-22(24-18)25-19-8-4-6-10-21(19)28-2;/h3-10,13H,11-12,14-15H2,1-2H3,(H,23,24,25);1H. The molecule has 0 amide bonds. The number of aromatic nitrogens is 2. The third kappa shape index (κ3) is 4.78. The first-order chi connectivity index (χ1) is 13.8. The summed E-state index contributed by atoms with van der Waals surface area (Å²) in [5, 5.41) is 3.26. The van der Waals surface area contributed by atoms with Crippen LogP contribution in [0.3, 0.4) is 0 Å². The number of nitrogens with one attached hydrogen (secondary N) is 1. The average Bonchev–Trinajstić information content (AvgIpc) is 2.74. The number of rotatable bonds is 6.